The van der Waals surface area contributed by atoms with Crippen LogP contribution >= 0.6 is 24.0 Å². The van der Waals surface area contributed by atoms with Crippen molar-refractivity contribution in [3.63, 3.8) is 0 Å². The number of carbonyl (C=O) groups is 1. The van der Waals surface area contributed by atoms with E-state index in [1.54, 1.807) is 17.2 Å². The van der Waals surface area contributed by atoms with Gasteiger partial charge in [-0.1, -0.05) is 42.2 Å². The molecule has 2 aliphatic heterocycles. The summed E-state index contributed by atoms with van der Waals surface area (Å²) in [5.74, 6) is 1.47. The van der Waals surface area contributed by atoms with Gasteiger partial charge in [0.2, 0.25) is 0 Å². The molecule has 0 spiro atoms. The lowest BCUT2D eigenvalue weighted by molar-refractivity contribution is -0.122. The third-order valence-electron chi connectivity index (χ3n) is 4.08. The Morgan fingerprint density at radius 1 is 1.28 bits per heavy atom. The Hall–Kier alpha value is -2.31. The molecule has 1 aromatic carbocycles. The predicted molar refractivity (Wildman–Crippen MR) is 102 cm³/mol. The number of thioether (sulfide) groups is 1. The van der Waals surface area contributed by atoms with Crippen molar-refractivity contribution in [2.75, 3.05) is 0 Å². The van der Waals surface area contributed by atoms with E-state index in [2.05, 4.69) is 6.08 Å². The number of benzene rings is 1. The summed E-state index contributed by atoms with van der Waals surface area (Å²) in [5.41, 5.74) is 1.97. The van der Waals surface area contributed by atoms with Crippen LogP contribution in [0.4, 0.5) is 0 Å². The number of fused-ring (bicyclic) bond motifs is 1. The van der Waals surface area contributed by atoms with Gasteiger partial charge >= 0.3 is 0 Å². The minimum Gasteiger partial charge on any atom is -0.485 e. The van der Waals surface area contributed by atoms with Crippen LogP contribution in [-0.4, -0.2) is 21.2 Å². The summed E-state index contributed by atoms with van der Waals surface area (Å²) in [6.45, 7) is 2.32. The smallest absolute Gasteiger partial charge is 0.266 e. The third kappa shape index (κ3) is 3.15. The molecule has 1 aromatic heterocycles. The molecular formula is C19H15NO3S2. The van der Waals surface area contributed by atoms with Crippen LogP contribution in [-0.2, 0) is 11.3 Å². The van der Waals surface area contributed by atoms with Crippen LogP contribution in [0, 0.1) is 0 Å². The molecule has 0 saturated carbocycles. The molecule has 3 heterocycles. The van der Waals surface area contributed by atoms with Gasteiger partial charge in [-0.15, -0.1) is 0 Å². The van der Waals surface area contributed by atoms with E-state index in [4.69, 9.17) is 21.4 Å². The van der Waals surface area contributed by atoms with Crippen molar-refractivity contribution >= 4 is 40.3 Å². The number of ether oxygens (including phenoxy) is 1. The normalized spacial score (nSPS) is 21.3. The molecule has 0 unspecified atom stereocenters. The lowest BCUT2D eigenvalue weighted by Crippen LogP contribution is -2.27. The van der Waals surface area contributed by atoms with Crippen LogP contribution in [0.25, 0.3) is 6.08 Å². The number of para-hydroxylation sites is 1. The van der Waals surface area contributed by atoms with Crippen molar-refractivity contribution in [3.8, 4) is 5.75 Å². The number of hydrogen-bond acceptors (Lipinski definition) is 5. The van der Waals surface area contributed by atoms with Gasteiger partial charge in [0, 0.05) is 5.56 Å². The molecule has 2 aliphatic rings. The highest BCUT2D eigenvalue weighted by Gasteiger charge is 2.33. The average molecular weight is 369 g/mol. The first-order valence-corrected chi connectivity index (χ1v) is 9.09. The zero-order valence-corrected chi connectivity index (χ0v) is 15.1. The van der Waals surface area contributed by atoms with Gasteiger partial charge in [0.15, 0.2) is 0 Å². The standard InChI is InChI=1S/C19H15NO3S2/c1-12-14(9-13-5-2-3-7-16(13)23-12)10-17-18(21)20(19(24)25-17)11-15-6-4-8-22-15/h2-10,12H,11H2,1H3/b17-10-/t12-/m1/s1. The van der Waals surface area contributed by atoms with Crippen LogP contribution in [0.2, 0.25) is 0 Å². The second-order valence-corrected chi connectivity index (χ2v) is 7.47. The van der Waals surface area contributed by atoms with E-state index >= 15 is 0 Å². The molecule has 6 heteroatoms. The average Bonchev–Trinajstić information content (AvgIpc) is 3.20. The Morgan fingerprint density at radius 2 is 2.12 bits per heavy atom. The maximum atomic E-state index is 12.7. The maximum Gasteiger partial charge on any atom is 0.266 e. The topological polar surface area (TPSA) is 42.7 Å². The molecule has 1 saturated heterocycles. The van der Waals surface area contributed by atoms with Gasteiger partial charge < -0.3 is 9.15 Å². The number of thiocarbonyl (C=S) groups is 1. The van der Waals surface area contributed by atoms with Gasteiger partial charge in [-0.05, 0) is 42.8 Å². The monoisotopic (exact) mass is 369 g/mol. The second kappa shape index (κ2) is 6.54. The van der Waals surface area contributed by atoms with Crippen molar-refractivity contribution in [1.82, 2.24) is 4.90 Å². The van der Waals surface area contributed by atoms with E-state index in [-0.39, 0.29) is 12.0 Å². The molecule has 1 atom stereocenters. The molecule has 4 nitrogen and oxygen atoms in total. The highest BCUT2D eigenvalue weighted by molar-refractivity contribution is 8.26. The third-order valence-corrected chi connectivity index (χ3v) is 5.46. The summed E-state index contributed by atoms with van der Waals surface area (Å²) in [7, 11) is 0. The summed E-state index contributed by atoms with van der Waals surface area (Å²) in [4.78, 5) is 14.9. The van der Waals surface area contributed by atoms with E-state index in [1.807, 2.05) is 43.3 Å². The van der Waals surface area contributed by atoms with Gasteiger partial charge in [0.05, 0.1) is 17.7 Å². The first-order chi connectivity index (χ1) is 12.1. The predicted octanol–water partition coefficient (Wildman–Crippen LogP) is 4.39. The first-order valence-electron chi connectivity index (χ1n) is 7.87. The number of furan rings is 1. The number of nitrogens with zero attached hydrogens (tertiary/aromatic N) is 1. The van der Waals surface area contributed by atoms with E-state index in [9.17, 15) is 4.79 Å². The van der Waals surface area contributed by atoms with Gasteiger partial charge in [-0.3, -0.25) is 9.69 Å². The minimum atomic E-state index is -0.122. The van der Waals surface area contributed by atoms with Crippen molar-refractivity contribution in [3.05, 3.63) is 70.5 Å². The number of carbonyl (C=O) groups excluding carboxylic acids is 1. The quantitative estimate of drug-likeness (QED) is 0.593. The van der Waals surface area contributed by atoms with Gasteiger partial charge in [-0.2, -0.15) is 0 Å². The maximum absolute atomic E-state index is 12.7. The fourth-order valence-corrected chi connectivity index (χ4v) is 4.02. The number of amides is 1. The molecule has 2 aromatic rings. The Bertz CT molecular complexity index is 899. The van der Waals surface area contributed by atoms with Crippen molar-refractivity contribution in [1.29, 1.82) is 0 Å². The zero-order valence-electron chi connectivity index (χ0n) is 13.5. The van der Waals surface area contributed by atoms with Gasteiger partial charge in [0.1, 0.15) is 21.9 Å². The fraction of sp³-hybridized carbons (Fsp3) is 0.158. The molecule has 0 aliphatic carbocycles. The molecule has 126 valence electrons. The van der Waals surface area contributed by atoms with Crippen LogP contribution < -0.4 is 4.74 Å². The fourth-order valence-electron chi connectivity index (χ4n) is 2.77. The summed E-state index contributed by atoms with van der Waals surface area (Å²) < 4.78 is 11.8. The van der Waals surface area contributed by atoms with Crippen LogP contribution in [0.1, 0.15) is 18.2 Å². The highest BCUT2D eigenvalue weighted by Crippen LogP contribution is 2.36. The Kier molecular flexibility index (Phi) is 4.23. The van der Waals surface area contributed by atoms with Crippen molar-refractivity contribution < 1.29 is 13.9 Å². The van der Waals surface area contributed by atoms with Crippen LogP contribution in [0.15, 0.2) is 63.6 Å². The Morgan fingerprint density at radius 3 is 2.92 bits per heavy atom. The molecular weight excluding hydrogens is 354 g/mol. The summed E-state index contributed by atoms with van der Waals surface area (Å²) >= 11 is 6.67. The molecule has 0 N–H and O–H groups in total. The Labute approximate surface area is 155 Å². The van der Waals surface area contributed by atoms with Crippen LogP contribution in [0.3, 0.4) is 0 Å². The van der Waals surface area contributed by atoms with Crippen molar-refractivity contribution in [2.45, 2.75) is 19.6 Å². The summed E-state index contributed by atoms with van der Waals surface area (Å²) in [5, 5.41) is 0. The lowest BCUT2D eigenvalue weighted by atomic mass is 10.0. The van der Waals surface area contributed by atoms with E-state index in [1.165, 1.54) is 11.8 Å². The minimum absolute atomic E-state index is 0.0987. The summed E-state index contributed by atoms with van der Waals surface area (Å²) in [6.07, 6.45) is 5.40. The first kappa shape index (κ1) is 16.2. The number of rotatable bonds is 3. The van der Waals surface area contributed by atoms with E-state index in [0.717, 1.165) is 16.9 Å². The number of hydrogen-bond donors (Lipinski definition) is 0. The molecule has 25 heavy (non-hydrogen) atoms. The molecule has 1 fully saturated rings. The molecule has 1 amide bonds. The lowest BCUT2D eigenvalue weighted by Gasteiger charge is -2.23. The SMILES string of the molecule is C[C@H]1Oc2ccccc2C=C1/C=C1\SC(=S)N(Cc2ccco2)C1=O. The van der Waals surface area contributed by atoms with E-state index in [0.29, 0.717) is 21.5 Å². The summed E-state index contributed by atoms with van der Waals surface area (Å²) in [6, 6.07) is 11.5. The zero-order chi connectivity index (χ0) is 17.4. The van der Waals surface area contributed by atoms with Gasteiger partial charge in [-0.25, -0.2) is 0 Å². The largest absolute Gasteiger partial charge is 0.485 e. The Balaban J connectivity index is 1.60. The molecule has 0 bridgehead atoms. The molecule has 0 radical (unpaired) electrons. The molecule has 4 rings (SSSR count). The highest BCUT2D eigenvalue weighted by atomic mass is 32.2. The second-order valence-electron chi connectivity index (χ2n) is 5.79. The van der Waals surface area contributed by atoms with Crippen molar-refractivity contribution in [2.24, 2.45) is 0 Å². The van der Waals surface area contributed by atoms with Gasteiger partial charge in [0.25, 0.3) is 5.91 Å². The van der Waals surface area contributed by atoms with Crippen LogP contribution in [0.5, 0.6) is 5.75 Å². The van der Waals surface area contributed by atoms with E-state index < -0.39 is 0 Å².